The maximum absolute atomic E-state index is 12.1. The zero-order chi connectivity index (χ0) is 33.6. The molecule has 2 atom stereocenters. The minimum atomic E-state index is -2.13. The molecule has 0 fully saturated rings. The van der Waals surface area contributed by atoms with Gasteiger partial charge in [-0.3, -0.25) is 20.2 Å². The lowest BCUT2D eigenvalue weighted by atomic mass is 10.2. The number of para-hydroxylation sites is 2. The van der Waals surface area contributed by atoms with Crippen molar-refractivity contribution in [2.75, 3.05) is 0 Å². The summed E-state index contributed by atoms with van der Waals surface area (Å²) < 4.78 is 27.1. The van der Waals surface area contributed by atoms with Crippen molar-refractivity contribution < 1.29 is 42.5 Å². The molecule has 2 unspecified atom stereocenters. The quantitative estimate of drug-likeness (QED) is 0.0566. The molecule has 15 heteroatoms. The predicted molar refractivity (Wildman–Crippen MR) is 172 cm³/mol. The molecule has 2 aromatic carbocycles. The van der Waals surface area contributed by atoms with E-state index in [2.05, 4.69) is 26.2 Å². The number of benzene rings is 2. The van der Waals surface area contributed by atoms with Crippen LogP contribution in [0.5, 0.6) is 0 Å². The van der Waals surface area contributed by atoms with E-state index in [-0.39, 0.29) is 35.7 Å². The molecule has 0 radical (unpaired) electrons. The maximum atomic E-state index is 12.1. The predicted octanol–water partition coefficient (Wildman–Crippen LogP) is 7.83. The lowest BCUT2D eigenvalue weighted by Gasteiger charge is -2.33. The van der Waals surface area contributed by atoms with Crippen LogP contribution in [0.3, 0.4) is 0 Å². The number of nitro groups is 2. The molecule has 0 aliphatic carbocycles. The van der Waals surface area contributed by atoms with Crippen LogP contribution >= 0.6 is 0 Å². The van der Waals surface area contributed by atoms with Gasteiger partial charge in [0.1, 0.15) is 25.4 Å². The van der Waals surface area contributed by atoms with E-state index in [1.54, 1.807) is 38.1 Å². The molecule has 2 aromatic rings. The number of carbonyl (C=O) groups is 2. The van der Waals surface area contributed by atoms with Crippen LogP contribution in [0, 0.1) is 20.2 Å². The van der Waals surface area contributed by atoms with E-state index in [9.17, 15) is 29.8 Å². The minimum absolute atomic E-state index is 0.133. The smallest absolute Gasteiger partial charge is 0.455 e. The third-order valence-electron chi connectivity index (χ3n) is 6.22. The summed E-state index contributed by atoms with van der Waals surface area (Å²) in [5, 5.41) is 22.2. The highest BCUT2D eigenvalue weighted by molar-refractivity contribution is 6.85. The molecule has 0 amide bonds. The average molecular weight is 661 g/mol. The molecule has 0 saturated heterocycles. The van der Waals surface area contributed by atoms with E-state index in [1.165, 1.54) is 36.4 Å². The Labute approximate surface area is 264 Å². The third-order valence-corrected chi connectivity index (χ3v) is 13.1. The van der Waals surface area contributed by atoms with E-state index >= 15 is 0 Å². The fourth-order valence-electron chi connectivity index (χ4n) is 4.26. The van der Waals surface area contributed by atoms with Gasteiger partial charge >= 0.3 is 12.3 Å². The zero-order valence-electron chi connectivity index (χ0n) is 26.3. The van der Waals surface area contributed by atoms with Crippen LogP contribution in [0.15, 0.2) is 72.8 Å². The Morgan fingerprint density at radius 3 is 1.42 bits per heavy atom. The van der Waals surface area contributed by atoms with Gasteiger partial charge < -0.3 is 23.1 Å². The normalized spacial score (nSPS) is 13.3. The second-order valence-electron chi connectivity index (χ2n) is 11.4. The standard InChI is InChI=1S/C30H40N2O11Si2/c1-23(41-29(33)39-21-25-15-7-9-17-27(25)31(35)36)13-11-19-44(3,4)43-45(5,6)20-12-14-24(2)42-30(34)40-22-26-16-8-10-18-28(26)32(37)38/h7-18,23-24H,19-22H2,1-6H3. The van der Waals surface area contributed by atoms with Gasteiger partial charge in [0.25, 0.3) is 11.4 Å². The first-order valence-corrected chi connectivity index (χ1v) is 20.5. The van der Waals surface area contributed by atoms with E-state index < -0.39 is 51.0 Å². The molecule has 0 heterocycles. The van der Waals surface area contributed by atoms with Crippen LogP contribution in [0.4, 0.5) is 21.0 Å². The summed E-state index contributed by atoms with van der Waals surface area (Å²) in [4.78, 5) is 45.3. The van der Waals surface area contributed by atoms with Gasteiger partial charge in [0.2, 0.25) is 0 Å². The summed E-state index contributed by atoms with van der Waals surface area (Å²) in [5.41, 5.74) is 0.275. The van der Waals surface area contributed by atoms with Gasteiger partial charge in [-0.2, -0.15) is 0 Å². The Morgan fingerprint density at radius 2 is 1.07 bits per heavy atom. The molecule has 0 saturated carbocycles. The number of rotatable bonds is 16. The zero-order valence-corrected chi connectivity index (χ0v) is 28.3. The molecular formula is C30H40N2O11Si2. The molecule has 2 rings (SSSR count). The first-order valence-electron chi connectivity index (χ1n) is 14.2. The van der Waals surface area contributed by atoms with Gasteiger partial charge in [0.15, 0.2) is 16.6 Å². The highest BCUT2D eigenvalue weighted by Gasteiger charge is 2.31. The maximum Gasteiger partial charge on any atom is 0.509 e. The average Bonchev–Trinajstić information content (AvgIpc) is 2.94. The van der Waals surface area contributed by atoms with Crippen LogP contribution in [-0.2, 0) is 36.3 Å². The van der Waals surface area contributed by atoms with E-state index in [0.717, 1.165) is 0 Å². The summed E-state index contributed by atoms with van der Waals surface area (Å²) in [5.74, 6) is 0. The molecule has 0 aromatic heterocycles. The molecule has 0 spiro atoms. The highest BCUT2D eigenvalue weighted by Crippen LogP contribution is 2.23. The number of hydrogen-bond acceptors (Lipinski definition) is 11. The number of allylic oxidation sites excluding steroid dienone is 2. The summed E-state index contributed by atoms with van der Waals surface area (Å²) >= 11 is 0. The SMILES string of the molecule is CC(C=CC[Si](C)(C)O[Si](C)(C)CC=CC(C)OC(=O)OCc1ccccc1[N+](=O)[O-])OC(=O)OCc1ccccc1[N+](=O)[O-]. The van der Waals surface area contributed by atoms with E-state index in [4.69, 9.17) is 23.1 Å². The van der Waals surface area contributed by atoms with Crippen molar-refractivity contribution in [1.29, 1.82) is 0 Å². The Morgan fingerprint density at radius 1 is 0.711 bits per heavy atom. The second-order valence-corrected chi connectivity index (χ2v) is 20.1. The molecule has 13 nitrogen and oxygen atoms in total. The summed E-state index contributed by atoms with van der Waals surface area (Å²) in [6.45, 7) is 11.2. The number of hydrogen-bond donors (Lipinski definition) is 0. The molecule has 0 aliphatic heterocycles. The largest absolute Gasteiger partial charge is 0.509 e. The number of carbonyl (C=O) groups excluding carboxylic acids is 2. The van der Waals surface area contributed by atoms with E-state index in [1.807, 2.05) is 12.2 Å². The molecule has 0 bridgehead atoms. The Bertz CT molecular complexity index is 1290. The highest BCUT2D eigenvalue weighted by atomic mass is 28.4. The van der Waals surface area contributed by atoms with Crippen molar-refractivity contribution in [2.45, 2.75) is 77.5 Å². The van der Waals surface area contributed by atoms with Gasteiger partial charge in [-0.1, -0.05) is 36.4 Å². The Kier molecular flexibility index (Phi) is 14.1. The lowest BCUT2D eigenvalue weighted by Crippen LogP contribution is -2.43. The molecule has 0 aliphatic rings. The Balaban J connectivity index is 1.75. The first-order chi connectivity index (χ1) is 21.1. The van der Waals surface area contributed by atoms with Gasteiger partial charge in [-0.15, -0.1) is 0 Å². The van der Waals surface area contributed by atoms with Gasteiger partial charge in [-0.25, -0.2) is 9.59 Å². The second kappa shape index (κ2) is 17.2. The third kappa shape index (κ3) is 13.9. The van der Waals surface area contributed by atoms with Crippen molar-refractivity contribution in [3.8, 4) is 0 Å². The lowest BCUT2D eigenvalue weighted by molar-refractivity contribution is -0.386. The molecule has 0 N–H and O–H groups in total. The number of ether oxygens (including phenoxy) is 4. The Hall–Kier alpha value is -4.35. The topological polar surface area (TPSA) is 167 Å². The van der Waals surface area contributed by atoms with Gasteiger partial charge in [0.05, 0.1) is 21.0 Å². The van der Waals surface area contributed by atoms with Crippen LogP contribution in [0.2, 0.25) is 38.3 Å². The fraction of sp³-hybridized carbons (Fsp3) is 0.400. The number of nitrogens with zero attached hydrogens (tertiary/aromatic N) is 2. The van der Waals surface area contributed by atoms with E-state index in [0.29, 0.717) is 12.1 Å². The monoisotopic (exact) mass is 660 g/mol. The fourth-order valence-corrected chi connectivity index (χ4v) is 12.3. The van der Waals surface area contributed by atoms with Crippen LogP contribution < -0.4 is 0 Å². The van der Waals surface area contributed by atoms with Crippen molar-refractivity contribution in [3.05, 3.63) is 104 Å². The van der Waals surface area contributed by atoms with Crippen molar-refractivity contribution >= 4 is 40.3 Å². The minimum Gasteiger partial charge on any atom is -0.455 e. The summed E-state index contributed by atoms with van der Waals surface area (Å²) in [6, 6.07) is 13.4. The molecule has 45 heavy (non-hydrogen) atoms. The van der Waals surface area contributed by atoms with Gasteiger partial charge in [-0.05, 0) is 76.4 Å². The van der Waals surface area contributed by atoms with Crippen LogP contribution in [0.25, 0.3) is 0 Å². The molecule has 244 valence electrons. The number of nitro benzene ring substituents is 2. The molecular weight excluding hydrogens is 621 g/mol. The van der Waals surface area contributed by atoms with Gasteiger partial charge in [0, 0.05) is 12.1 Å². The van der Waals surface area contributed by atoms with Crippen molar-refractivity contribution in [3.63, 3.8) is 0 Å². The van der Waals surface area contributed by atoms with Crippen LogP contribution in [0.1, 0.15) is 25.0 Å². The van der Waals surface area contributed by atoms with Crippen LogP contribution in [-0.4, -0.2) is 51.0 Å². The summed E-state index contributed by atoms with van der Waals surface area (Å²) in [6.07, 6.45) is 4.32. The first kappa shape index (κ1) is 36.8. The van der Waals surface area contributed by atoms with Crippen molar-refractivity contribution in [1.82, 2.24) is 0 Å². The van der Waals surface area contributed by atoms with Crippen molar-refractivity contribution in [2.24, 2.45) is 0 Å². The summed E-state index contributed by atoms with van der Waals surface area (Å²) in [7, 11) is -4.26.